The highest BCUT2D eigenvalue weighted by atomic mass is 16.5. The van der Waals surface area contributed by atoms with Crippen LogP contribution in [0.2, 0.25) is 0 Å². The van der Waals surface area contributed by atoms with Crippen molar-refractivity contribution in [2.24, 2.45) is 0 Å². The largest absolute Gasteiger partial charge is 0.497 e. The molecular formula is C22H26N2O7. The van der Waals surface area contributed by atoms with Gasteiger partial charge in [0.15, 0.2) is 18.1 Å². The number of amides is 2. The smallest absolute Gasteiger partial charge is 0.325 e. The molecule has 9 heteroatoms. The molecule has 0 fully saturated rings. The quantitative estimate of drug-likeness (QED) is 0.527. The number of hydrogen-bond donors (Lipinski definition) is 2. The third-order valence-electron chi connectivity index (χ3n) is 3.94. The van der Waals surface area contributed by atoms with Gasteiger partial charge < -0.3 is 29.6 Å². The fourth-order valence-electron chi connectivity index (χ4n) is 2.52. The van der Waals surface area contributed by atoms with Crippen LogP contribution in [0, 0.1) is 0 Å². The lowest BCUT2D eigenvalue weighted by atomic mass is 10.2. The minimum Gasteiger partial charge on any atom is -0.497 e. The first-order chi connectivity index (χ1) is 15.0. The Bertz CT molecular complexity index is 897. The van der Waals surface area contributed by atoms with Gasteiger partial charge in [0.05, 0.1) is 20.3 Å². The number of benzene rings is 2. The minimum absolute atomic E-state index is 0.365. The predicted octanol–water partition coefficient (Wildman–Crippen LogP) is 2.40. The molecule has 0 heterocycles. The molecule has 0 spiro atoms. The van der Waals surface area contributed by atoms with E-state index in [2.05, 4.69) is 10.6 Å². The highest BCUT2D eigenvalue weighted by Gasteiger charge is 2.12. The van der Waals surface area contributed by atoms with E-state index in [0.717, 1.165) is 0 Å². The molecule has 0 unspecified atom stereocenters. The van der Waals surface area contributed by atoms with Gasteiger partial charge in [-0.2, -0.15) is 0 Å². The van der Waals surface area contributed by atoms with Crippen LogP contribution in [0.4, 0.5) is 5.69 Å². The van der Waals surface area contributed by atoms with Crippen molar-refractivity contribution in [1.29, 1.82) is 0 Å². The molecule has 166 valence electrons. The molecule has 2 rings (SSSR count). The fraction of sp³-hybridized carbons (Fsp3) is 0.318. The van der Waals surface area contributed by atoms with Gasteiger partial charge in [0.2, 0.25) is 0 Å². The zero-order chi connectivity index (χ0) is 22.6. The van der Waals surface area contributed by atoms with Gasteiger partial charge in [-0.15, -0.1) is 0 Å². The molecule has 2 aromatic rings. The number of anilines is 1. The van der Waals surface area contributed by atoms with Crippen molar-refractivity contribution in [2.45, 2.75) is 13.8 Å². The van der Waals surface area contributed by atoms with E-state index in [0.29, 0.717) is 41.7 Å². The second-order valence-corrected chi connectivity index (χ2v) is 6.15. The number of hydrogen-bond acceptors (Lipinski definition) is 7. The van der Waals surface area contributed by atoms with Crippen molar-refractivity contribution < 1.29 is 33.3 Å². The number of rotatable bonds is 11. The first-order valence-corrected chi connectivity index (χ1v) is 9.74. The average Bonchev–Trinajstić information content (AvgIpc) is 2.78. The Balaban J connectivity index is 1.79. The summed E-state index contributed by atoms with van der Waals surface area (Å²) >= 11 is 0. The van der Waals surface area contributed by atoms with E-state index in [1.807, 2.05) is 13.8 Å². The highest BCUT2D eigenvalue weighted by Crippen LogP contribution is 2.30. The van der Waals surface area contributed by atoms with Gasteiger partial charge in [-0.25, -0.2) is 0 Å². The number of ether oxygens (including phenoxy) is 4. The predicted molar refractivity (Wildman–Crippen MR) is 114 cm³/mol. The van der Waals surface area contributed by atoms with Crippen molar-refractivity contribution in [1.82, 2.24) is 5.32 Å². The summed E-state index contributed by atoms with van der Waals surface area (Å²) in [5.41, 5.74) is 0.840. The number of methoxy groups -OCH3 is 1. The highest BCUT2D eigenvalue weighted by molar-refractivity contribution is 5.96. The van der Waals surface area contributed by atoms with Crippen LogP contribution in [0.1, 0.15) is 24.2 Å². The number of carbonyl (C=O) groups is 3. The van der Waals surface area contributed by atoms with Crippen LogP contribution < -0.4 is 24.8 Å². The Morgan fingerprint density at radius 1 is 0.903 bits per heavy atom. The second kappa shape index (κ2) is 12.1. The van der Waals surface area contributed by atoms with Crippen LogP contribution in [0.3, 0.4) is 0 Å². The summed E-state index contributed by atoms with van der Waals surface area (Å²) in [5, 5.41) is 5.05. The van der Waals surface area contributed by atoms with Crippen molar-refractivity contribution in [3.63, 3.8) is 0 Å². The van der Waals surface area contributed by atoms with Gasteiger partial charge in [0.25, 0.3) is 11.8 Å². The van der Waals surface area contributed by atoms with E-state index in [4.69, 9.17) is 18.9 Å². The third kappa shape index (κ3) is 7.54. The zero-order valence-corrected chi connectivity index (χ0v) is 17.7. The molecule has 0 aliphatic rings. The van der Waals surface area contributed by atoms with Crippen LogP contribution in [0.15, 0.2) is 42.5 Å². The van der Waals surface area contributed by atoms with Crippen LogP contribution in [-0.2, 0) is 14.3 Å². The Morgan fingerprint density at radius 3 is 2.23 bits per heavy atom. The van der Waals surface area contributed by atoms with Crippen molar-refractivity contribution in [2.75, 3.05) is 38.8 Å². The molecule has 31 heavy (non-hydrogen) atoms. The molecule has 0 bridgehead atoms. The Kier molecular flexibility index (Phi) is 9.15. The summed E-state index contributed by atoms with van der Waals surface area (Å²) in [7, 11) is 1.52. The SMILES string of the molecule is CCOc1ccc(NC(=O)COC(=O)CNC(=O)c2ccc(OC)cc2)cc1OCC. The Labute approximate surface area is 180 Å². The molecule has 2 N–H and O–H groups in total. The molecule has 0 radical (unpaired) electrons. The second-order valence-electron chi connectivity index (χ2n) is 6.15. The van der Waals surface area contributed by atoms with Gasteiger partial charge in [-0.3, -0.25) is 14.4 Å². The lowest BCUT2D eigenvalue weighted by Crippen LogP contribution is -2.32. The van der Waals surface area contributed by atoms with E-state index >= 15 is 0 Å². The molecule has 0 aliphatic heterocycles. The van der Waals surface area contributed by atoms with E-state index in [9.17, 15) is 14.4 Å². The van der Waals surface area contributed by atoms with Crippen LogP contribution in [0.5, 0.6) is 17.2 Å². The molecule has 0 aliphatic carbocycles. The normalized spacial score (nSPS) is 10.0. The average molecular weight is 430 g/mol. The minimum atomic E-state index is -0.737. The van der Waals surface area contributed by atoms with Crippen LogP contribution >= 0.6 is 0 Å². The first kappa shape index (κ1) is 23.5. The topological polar surface area (TPSA) is 112 Å². The van der Waals surface area contributed by atoms with E-state index in [-0.39, 0.29) is 6.54 Å². The maximum atomic E-state index is 12.1. The van der Waals surface area contributed by atoms with Gasteiger partial charge in [0, 0.05) is 17.3 Å². The summed E-state index contributed by atoms with van der Waals surface area (Å²) in [5.74, 6) is -0.0216. The molecule has 9 nitrogen and oxygen atoms in total. The molecular weight excluding hydrogens is 404 g/mol. The molecule has 0 atom stereocenters. The molecule has 0 saturated carbocycles. The number of carbonyl (C=O) groups excluding carboxylic acids is 3. The fourth-order valence-corrected chi connectivity index (χ4v) is 2.52. The Hall–Kier alpha value is -3.75. The Morgan fingerprint density at radius 2 is 1.58 bits per heavy atom. The van der Waals surface area contributed by atoms with Gasteiger partial charge in [0.1, 0.15) is 12.3 Å². The van der Waals surface area contributed by atoms with Crippen molar-refractivity contribution in [3.05, 3.63) is 48.0 Å². The number of nitrogens with one attached hydrogen (secondary N) is 2. The molecule has 2 amide bonds. The third-order valence-corrected chi connectivity index (χ3v) is 3.94. The number of esters is 1. The van der Waals surface area contributed by atoms with Gasteiger partial charge >= 0.3 is 5.97 Å². The first-order valence-electron chi connectivity index (χ1n) is 9.74. The summed E-state index contributed by atoms with van der Waals surface area (Å²) in [6.07, 6.45) is 0. The molecule has 2 aromatic carbocycles. The van der Waals surface area contributed by atoms with Crippen LogP contribution in [0.25, 0.3) is 0 Å². The maximum Gasteiger partial charge on any atom is 0.325 e. The maximum absolute atomic E-state index is 12.1. The van der Waals surface area contributed by atoms with Crippen molar-refractivity contribution in [3.8, 4) is 17.2 Å². The van der Waals surface area contributed by atoms with E-state index in [1.54, 1.807) is 42.5 Å². The van der Waals surface area contributed by atoms with Gasteiger partial charge in [-0.05, 0) is 50.2 Å². The van der Waals surface area contributed by atoms with Crippen LogP contribution in [-0.4, -0.2) is 51.3 Å². The summed E-state index contributed by atoms with van der Waals surface area (Å²) < 4.78 is 20.9. The monoisotopic (exact) mass is 430 g/mol. The summed E-state index contributed by atoms with van der Waals surface area (Å²) in [4.78, 5) is 35.9. The lowest BCUT2D eigenvalue weighted by molar-refractivity contribution is -0.146. The standard InChI is InChI=1S/C22H26N2O7/c1-4-29-18-11-8-16(12-19(18)30-5-2)24-20(25)14-31-21(26)13-23-22(27)15-6-9-17(28-3)10-7-15/h6-12H,4-5,13-14H2,1-3H3,(H,23,27)(H,24,25). The summed E-state index contributed by atoms with van der Waals surface area (Å²) in [6.45, 7) is 3.77. The van der Waals surface area contributed by atoms with Crippen molar-refractivity contribution >= 4 is 23.5 Å². The summed E-state index contributed by atoms with van der Waals surface area (Å²) in [6, 6.07) is 11.4. The zero-order valence-electron chi connectivity index (χ0n) is 17.7. The van der Waals surface area contributed by atoms with Gasteiger partial charge in [-0.1, -0.05) is 0 Å². The lowest BCUT2D eigenvalue weighted by Gasteiger charge is -2.13. The molecule has 0 aromatic heterocycles. The van der Waals surface area contributed by atoms with E-state index in [1.165, 1.54) is 7.11 Å². The molecule has 0 saturated heterocycles. The van der Waals surface area contributed by atoms with E-state index < -0.39 is 24.4 Å².